The van der Waals surface area contributed by atoms with Gasteiger partial charge in [-0.3, -0.25) is 5.32 Å². The van der Waals surface area contributed by atoms with E-state index in [9.17, 15) is 0 Å². The molecule has 1 heterocycles. The van der Waals surface area contributed by atoms with Gasteiger partial charge < -0.3 is 4.74 Å². The van der Waals surface area contributed by atoms with Crippen LogP contribution in [0.25, 0.3) is 0 Å². The highest BCUT2D eigenvalue weighted by Crippen LogP contribution is 2.06. The van der Waals surface area contributed by atoms with Crippen molar-refractivity contribution in [3.63, 3.8) is 0 Å². The summed E-state index contributed by atoms with van der Waals surface area (Å²) in [7, 11) is 0. The van der Waals surface area contributed by atoms with Gasteiger partial charge in [0, 0.05) is 5.54 Å². The second-order valence-electron chi connectivity index (χ2n) is 3.66. The van der Waals surface area contributed by atoms with Gasteiger partial charge in [0.25, 0.3) is 0 Å². The SMILES string of the molecule is CC(C)(C)NC1C=CC=CO1. The first-order chi connectivity index (χ1) is 5.08. The third kappa shape index (κ3) is 3.23. The van der Waals surface area contributed by atoms with Crippen LogP contribution in [-0.4, -0.2) is 11.8 Å². The number of nitrogens with one attached hydrogen (secondary N) is 1. The molecule has 0 fully saturated rings. The standard InChI is InChI=1S/C9H15NO/c1-9(2,3)10-8-6-4-5-7-11-8/h4-8,10H,1-3H3. The maximum Gasteiger partial charge on any atom is 0.169 e. The van der Waals surface area contributed by atoms with E-state index >= 15 is 0 Å². The van der Waals surface area contributed by atoms with Crippen LogP contribution in [0.1, 0.15) is 20.8 Å². The first-order valence-electron chi connectivity index (χ1n) is 3.84. The van der Waals surface area contributed by atoms with Crippen LogP contribution in [0.3, 0.4) is 0 Å². The third-order valence-corrected chi connectivity index (χ3v) is 1.28. The van der Waals surface area contributed by atoms with Crippen molar-refractivity contribution < 1.29 is 4.74 Å². The van der Waals surface area contributed by atoms with Crippen molar-refractivity contribution in [2.24, 2.45) is 0 Å². The molecule has 0 aromatic carbocycles. The topological polar surface area (TPSA) is 21.3 Å². The van der Waals surface area contributed by atoms with E-state index in [1.807, 2.05) is 18.2 Å². The van der Waals surface area contributed by atoms with Crippen LogP contribution in [-0.2, 0) is 4.74 Å². The van der Waals surface area contributed by atoms with Crippen molar-refractivity contribution in [3.05, 3.63) is 24.5 Å². The summed E-state index contributed by atoms with van der Waals surface area (Å²) in [4.78, 5) is 0. The molecule has 0 amide bonds. The van der Waals surface area contributed by atoms with Crippen molar-refractivity contribution in [1.29, 1.82) is 0 Å². The zero-order valence-corrected chi connectivity index (χ0v) is 7.29. The molecule has 1 aliphatic heterocycles. The molecule has 0 aromatic rings. The van der Waals surface area contributed by atoms with Crippen LogP contribution in [0.15, 0.2) is 24.5 Å². The molecule has 1 unspecified atom stereocenters. The number of allylic oxidation sites excluding steroid dienone is 2. The van der Waals surface area contributed by atoms with Gasteiger partial charge in [-0.2, -0.15) is 0 Å². The molecule has 0 aliphatic carbocycles. The molecule has 2 nitrogen and oxygen atoms in total. The van der Waals surface area contributed by atoms with E-state index in [1.54, 1.807) is 6.26 Å². The molecule has 1 aliphatic rings. The van der Waals surface area contributed by atoms with E-state index in [1.165, 1.54) is 0 Å². The Morgan fingerprint density at radius 3 is 2.45 bits per heavy atom. The molecule has 62 valence electrons. The highest BCUT2D eigenvalue weighted by molar-refractivity contribution is 5.07. The molecule has 1 N–H and O–H groups in total. The Labute approximate surface area is 67.9 Å². The minimum Gasteiger partial charge on any atom is -0.479 e. The fraction of sp³-hybridized carbons (Fsp3) is 0.556. The van der Waals surface area contributed by atoms with Crippen LogP contribution in [0.2, 0.25) is 0 Å². The second kappa shape index (κ2) is 3.09. The summed E-state index contributed by atoms with van der Waals surface area (Å²) in [6.45, 7) is 6.34. The lowest BCUT2D eigenvalue weighted by atomic mass is 10.1. The highest BCUT2D eigenvalue weighted by atomic mass is 16.5. The lowest BCUT2D eigenvalue weighted by Crippen LogP contribution is -2.43. The number of ether oxygens (including phenoxy) is 1. The maximum absolute atomic E-state index is 5.28. The highest BCUT2D eigenvalue weighted by Gasteiger charge is 2.15. The van der Waals surface area contributed by atoms with E-state index in [-0.39, 0.29) is 11.8 Å². The van der Waals surface area contributed by atoms with E-state index < -0.39 is 0 Å². The Bertz CT molecular complexity index is 176. The Morgan fingerprint density at radius 1 is 1.27 bits per heavy atom. The Morgan fingerprint density at radius 2 is 2.00 bits per heavy atom. The van der Waals surface area contributed by atoms with Gasteiger partial charge in [-0.25, -0.2) is 0 Å². The van der Waals surface area contributed by atoms with Crippen LogP contribution >= 0.6 is 0 Å². The third-order valence-electron chi connectivity index (χ3n) is 1.28. The first kappa shape index (κ1) is 8.34. The molecule has 0 spiro atoms. The lowest BCUT2D eigenvalue weighted by molar-refractivity contribution is 0.121. The van der Waals surface area contributed by atoms with Gasteiger partial charge in [0.2, 0.25) is 0 Å². The van der Waals surface area contributed by atoms with Gasteiger partial charge in [0.1, 0.15) is 0 Å². The molecule has 1 atom stereocenters. The predicted octanol–water partition coefficient (Wildman–Crippen LogP) is 1.80. The summed E-state index contributed by atoms with van der Waals surface area (Å²) in [6.07, 6.45) is 7.57. The van der Waals surface area contributed by atoms with Crippen LogP contribution in [0.4, 0.5) is 0 Å². The zero-order valence-electron chi connectivity index (χ0n) is 7.29. The average Bonchev–Trinajstić information content (AvgIpc) is 1.85. The molecule has 1 rings (SSSR count). The quantitative estimate of drug-likeness (QED) is 0.620. The van der Waals surface area contributed by atoms with Gasteiger partial charge in [0.05, 0.1) is 6.26 Å². The fourth-order valence-corrected chi connectivity index (χ4v) is 0.895. The van der Waals surface area contributed by atoms with E-state index in [2.05, 4.69) is 26.1 Å². The average molecular weight is 153 g/mol. The summed E-state index contributed by atoms with van der Waals surface area (Å²) < 4.78 is 5.28. The summed E-state index contributed by atoms with van der Waals surface area (Å²) in [6, 6.07) is 0. The molecular weight excluding hydrogens is 138 g/mol. The zero-order chi connectivity index (χ0) is 8.32. The summed E-state index contributed by atoms with van der Waals surface area (Å²) in [5.41, 5.74) is 0.0974. The van der Waals surface area contributed by atoms with Crippen molar-refractivity contribution >= 4 is 0 Å². The van der Waals surface area contributed by atoms with E-state index in [0.717, 1.165) is 0 Å². The van der Waals surface area contributed by atoms with Gasteiger partial charge in [-0.15, -0.1) is 0 Å². The fourth-order valence-electron chi connectivity index (χ4n) is 0.895. The molecule has 11 heavy (non-hydrogen) atoms. The Hall–Kier alpha value is -0.760. The monoisotopic (exact) mass is 153 g/mol. The number of rotatable bonds is 1. The number of hydrogen-bond donors (Lipinski definition) is 1. The Kier molecular flexibility index (Phi) is 2.35. The Balaban J connectivity index is 2.39. The molecular formula is C9H15NO. The predicted molar refractivity (Wildman–Crippen MR) is 46.0 cm³/mol. The number of hydrogen-bond acceptors (Lipinski definition) is 2. The van der Waals surface area contributed by atoms with Gasteiger partial charge in [-0.05, 0) is 32.9 Å². The van der Waals surface area contributed by atoms with Gasteiger partial charge in [0.15, 0.2) is 6.23 Å². The molecule has 0 radical (unpaired) electrons. The lowest BCUT2D eigenvalue weighted by Gasteiger charge is -2.26. The first-order valence-corrected chi connectivity index (χ1v) is 3.84. The van der Waals surface area contributed by atoms with E-state index in [4.69, 9.17) is 4.74 Å². The normalized spacial score (nSPS) is 23.4. The van der Waals surface area contributed by atoms with E-state index in [0.29, 0.717) is 0 Å². The minimum atomic E-state index is 0.0278. The van der Waals surface area contributed by atoms with Crippen molar-refractivity contribution in [1.82, 2.24) is 5.32 Å². The van der Waals surface area contributed by atoms with Crippen molar-refractivity contribution in [3.8, 4) is 0 Å². The molecule has 0 aromatic heterocycles. The molecule has 0 saturated carbocycles. The molecule has 2 heteroatoms. The summed E-state index contributed by atoms with van der Waals surface area (Å²) in [5.74, 6) is 0. The van der Waals surface area contributed by atoms with Crippen molar-refractivity contribution in [2.75, 3.05) is 0 Å². The second-order valence-corrected chi connectivity index (χ2v) is 3.66. The summed E-state index contributed by atoms with van der Waals surface area (Å²) in [5, 5.41) is 3.30. The van der Waals surface area contributed by atoms with Crippen LogP contribution < -0.4 is 5.32 Å². The summed E-state index contributed by atoms with van der Waals surface area (Å²) >= 11 is 0. The minimum absolute atomic E-state index is 0.0278. The van der Waals surface area contributed by atoms with Gasteiger partial charge in [-0.1, -0.05) is 6.08 Å². The smallest absolute Gasteiger partial charge is 0.169 e. The van der Waals surface area contributed by atoms with Crippen molar-refractivity contribution in [2.45, 2.75) is 32.5 Å². The molecule has 0 saturated heterocycles. The van der Waals surface area contributed by atoms with Gasteiger partial charge >= 0.3 is 0 Å². The largest absolute Gasteiger partial charge is 0.479 e. The van der Waals surface area contributed by atoms with Crippen LogP contribution in [0.5, 0.6) is 0 Å². The maximum atomic E-state index is 5.28. The van der Waals surface area contributed by atoms with Crippen LogP contribution in [0, 0.1) is 0 Å². The molecule has 0 bridgehead atoms.